The maximum absolute atomic E-state index is 14.6. The Morgan fingerprint density at radius 3 is 1.46 bits per heavy atom. The highest BCUT2D eigenvalue weighted by Crippen LogP contribution is 2.43. The summed E-state index contributed by atoms with van der Waals surface area (Å²) in [7, 11) is 1.08. The molecule has 0 aromatic heterocycles. The van der Waals surface area contributed by atoms with Gasteiger partial charge in [0.1, 0.15) is 71.0 Å². The van der Waals surface area contributed by atoms with Crippen molar-refractivity contribution in [2.45, 2.75) is 112 Å². The van der Waals surface area contributed by atoms with E-state index in [4.69, 9.17) is 18.9 Å². The van der Waals surface area contributed by atoms with Gasteiger partial charge in [-0.3, -0.25) is 28.8 Å². The first kappa shape index (κ1) is 54.2. The van der Waals surface area contributed by atoms with Crippen LogP contribution in [-0.4, -0.2) is 131 Å². The van der Waals surface area contributed by atoms with Gasteiger partial charge in [-0.05, 0) is 36.1 Å². The zero-order valence-electron chi connectivity index (χ0n) is 40.6. The monoisotopic (exact) mass is 1030 g/mol. The highest BCUT2D eigenvalue weighted by molar-refractivity contribution is 8.04. The Hall–Kier alpha value is -7.59. The number of amides is 6. The van der Waals surface area contributed by atoms with E-state index in [0.29, 0.717) is 34.0 Å². The highest BCUT2D eigenvalue weighted by atomic mass is 32.2. The van der Waals surface area contributed by atoms with E-state index in [1.807, 2.05) is 0 Å². The average Bonchev–Trinajstić information content (AvgIpc) is 3.40. The van der Waals surface area contributed by atoms with Gasteiger partial charge in [-0.25, -0.2) is 9.59 Å². The van der Waals surface area contributed by atoms with E-state index in [0.717, 1.165) is 7.11 Å². The molecule has 3 aliphatic rings. The zero-order chi connectivity index (χ0) is 52.9. The Morgan fingerprint density at radius 1 is 0.568 bits per heavy atom. The molecule has 0 radical (unpaired) electrons. The lowest BCUT2D eigenvalue weighted by atomic mass is 9.99. The molecule has 21 heteroatoms. The van der Waals surface area contributed by atoms with Crippen LogP contribution in [0.25, 0.3) is 0 Å². The number of carbonyl (C=O) groups is 8. The topological polar surface area (TPSA) is 286 Å². The van der Waals surface area contributed by atoms with E-state index in [2.05, 4.69) is 31.9 Å². The number of aliphatic hydroxyl groups excluding tert-OH is 2. The molecule has 2 saturated heterocycles. The quantitative estimate of drug-likeness (QED) is 0.102. The number of benzene rings is 4. The molecule has 7 rings (SSSR count). The molecule has 4 aromatic rings. The molecule has 3 bridgehead atoms. The van der Waals surface area contributed by atoms with Crippen LogP contribution in [0.4, 0.5) is 0 Å². The summed E-state index contributed by atoms with van der Waals surface area (Å²) in [5.41, 5.74) is 2.50. The van der Waals surface area contributed by atoms with Gasteiger partial charge >= 0.3 is 11.9 Å². The summed E-state index contributed by atoms with van der Waals surface area (Å²) in [6, 6.07) is 26.4. The lowest BCUT2D eigenvalue weighted by Crippen LogP contribution is -2.63. The first-order valence-corrected chi connectivity index (χ1v) is 24.8. The molecule has 0 spiro atoms. The van der Waals surface area contributed by atoms with Crippen LogP contribution in [0, 0.1) is 0 Å². The van der Waals surface area contributed by atoms with Crippen molar-refractivity contribution in [3.8, 4) is 0 Å². The molecule has 2 fully saturated rings. The Labute approximate surface area is 430 Å². The molecular weight excluding hydrogens is 977 g/mol. The summed E-state index contributed by atoms with van der Waals surface area (Å²) >= 11 is 0.678. The van der Waals surface area contributed by atoms with Crippen molar-refractivity contribution < 1.29 is 67.5 Å². The number of nitrogens with one attached hydrogen (secondary N) is 6. The van der Waals surface area contributed by atoms with Gasteiger partial charge in [0, 0.05) is 25.7 Å². The molecule has 3 heterocycles. The lowest BCUT2D eigenvalue weighted by Gasteiger charge is -2.44. The molecule has 390 valence electrons. The number of aliphatic hydroxyl groups is 2. The van der Waals surface area contributed by atoms with Crippen molar-refractivity contribution in [3.05, 3.63) is 154 Å². The molecule has 74 heavy (non-hydrogen) atoms. The molecule has 11 atom stereocenters. The third kappa shape index (κ3) is 14.1. The van der Waals surface area contributed by atoms with E-state index < -0.39 is 120 Å². The maximum Gasteiger partial charge on any atom is 0.347 e. The van der Waals surface area contributed by atoms with E-state index in [1.165, 1.54) is 13.8 Å². The largest absolute Gasteiger partial charge is 0.466 e. The van der Waals surface area contributed by atoms with Gasteiger partial charge in [0.2, 0.25) is 35.8 Å². The SMILES string of the molecule is COC(=O)C1=C2C[C@@H](C(=O)OCc3ccccc3)NC(=O)[C@H](C)NC(=O)[C@H](Cc3ccccc3)NC(=O)[C@H](Cc3ccccc3)NC(=O)[C@H](Cc3ccccc3)NC(=O)[C@H](C)NC(=O)[C@H]3O[C@H](O2)[C@H](S1)[C@@H](O)[C@@H]3O. The van der Waals surface area contributed by atoms with Crippen LogP contribution in [0.15, 0.2) is 132 Å². The smallest absolute Gasteiger partial charge is 0.347 e. The maximum atomic E-state index is 14.6. The van der Waals surface area contributed by atoms with Crippen LogP contribution < -0.4 is 31.9 Å². The molecular formula is C53H58N6O14S. The van der Waals surface area contributed by atoms with Gasteiger partial charge < -0.3 is 61.1 Å². The first-order chi connectivity index (χ1) is 35.6. The van der Waals surface area contributed by atoms with Crippen molar-refractivity contribution in [1.29, 1.82) is 0 Å². The van der Waals surface area contributed by atoms with Gasteiger partial charge in [-0.15, -0.1) is 11.8 Å². The Morgan fingerprint density at radius 2 is 0.986 bits per heavy atom. The number of thioether (sulfide) groups is 1. The second-order valence-corrected chi connectivity index (χ2v) is 19.1. The number of carbonyl (C=O) groups excluding carboxylic acids is 8. The minimum absolute atomic E-state index is 0.0646. The van der Waals surface area contributed by atoms with E-state index in [1.54, 1.807) is 121 Å². The average molecular weight is 1040 g/mol. The summed E-state index contributed by atoms with van der Waals surface area (Å²) in [4.78, 5) is 113. The van der Waals surface area contributed by atoms with Crippen molar-refractivity contribution in [1.82, 2.24) is 31.9 Å². The minimum atomic E-state index is -1.94. The van der Waals surface area contributed by atoms with Crippen LogP contribution in [0.5, 0.6) is 0 Å². The normalized spacial score (nSPS) is 27.3. The summed E-state index contributed by atoms with van der Waals surface area (Å²) in [5, 5.41) is 37.4. The Bertz CT molecular complexity index is 2680. The molecule has 6 amide bonds. The number of hydrogen-bond acceptors (Lipinski definition) is 15. The van der Waals surface area contributed by atoms with E-state index in [9.17, 15) is 48.6 Å². The van der Waals surface area contributed by atoms with Crippen molar-refractivity contribution in [3.63, 3.8) is 0 Å². The number of esters is 2. The number of ether oxygens (including phenoxy) is 4. The van der Waals surface area contributed by atoms with Crippen LogP contribution >= 0.6 is 11.8 Å². The molecule has 20 nitrogen and oxygen atoms in total. The standard InChI is InChI=1S/C53H58N6O14S/c1-29-46(63)59-38(51(68)71-28-34-22-14-7-15-23-34)27-39-43(52(69)70-3)74-44-41(61)40(60)42(73-53(44)72-39)50(67)55-30(2)45(62)56-36(25-32-18-10-5-11-19-32)48(65)58-37(26-33-20-12-6-13-21-33)49(66)57-35(47(64)54-29)24-31-16-8-4-9-17-31/h4-23,29-30,35-38,40-42,44,53,60-61H,24-28H2,1-3H3,(H,54,64)(H,55,67)(H,56,62)(H,57,66)(H,58,65)(H,59,63)/t29-,30-,35-,36-,37-,38-,40-,41-,42-,44+,53-/m0/s1. The minimum Gasteiger partial charge on any atom is -0.466 e. The number of hydrogen-bond donors (Lipinski definition) is 8. The third-order valence-corrected chi connectivity index (χ3v) is 13.8. The Kier molecular flexibility index (Phi) is 18.6. The van der Waals surface area contributed by atoms with Crippen LogP contribution in [0.3, 0.4) is 0 Å². The first-order valence-electron chi connectivity index (χ1n) is 23.9. The van der Waals surface area contributed by atoms with Crippen molar-refractivity contribution >= 4 is 59.1 Å². The fourth-order valence-corrected chi connectivity index (χ4v) is 9.57. The van der Waals surface area contributed by atoms with Gasteiger partial charge in [0.05, 0.1) is 7.11 Å². The number of methoxy groups -OCH3 is 1. The van der Waals surface area contributed by atoms with Gasteiger partial charge in [0.25, 0.3) is 5.91 Å². The predicted octanol–water partition coefficient (Wildman–Crippen LogP) is 0.774. The molecule has 0 saturated carbocycles. The second-order valence-electron chi connectivity index (χ2n) is 17.9. The van der Waals surface area contributed by atoms with Crippen molar-refractivity contribution in [2.75, 3.05) is 7.11 Å². The molecule has 3 aliphatic heterocycles. The predicted molar refractivity (Wildman–Crippen MR) is 266 cm³/mol. The van der Waals surface area contributed by atoms with Gasteiger partial charge in [-0.2, -0.15) is 0 Å². The van der Waals surface area contributed by atoms with Crippen LogP contribution in [0.1, 0.15) is 42.5 Å². The summed E-state index contributed by atoms with van der Waals surface area (Å²) in [6.45, 7) is 2.42. The lowest BCUT2D eigenvalue weighted by molar-refractivity contribution is -0.233. The fraction of sp³-hybridized carbons (Fsp3) is 0.358. The summed E-state index contributed by atoms with van der Waals surface area (Å²) in [6.07, 6.45) is -7.99. The summed E-state index contributed by atoms with van der Waals surface area (Å²) < 4.78 is 22.7. The second kappa shape index (κ2) is 25.4. The Balaban J connectivity index is 1.26. The highest BCUT2D eigenvalue weighted by Gasteiger charge is 2.53. The molecule has 8 N–H and O–H groups in total. The molecule has 4 aromatic carbocycles. The van der Waals surface area contributed by atoms with Gasteiger partial charge in [-0.1, -0.05) is 121 Å². The van der Waals surface area contributed by atoms with Crippen LogP contribution in [0.2, 0.25) is 0 Å². The fourth-order valence-electron chi connectivity index (χ4n) is 8.33. The number of rotatable bonds is 10. The third-order valence-electron chi connectivity index (χ3n) is 12.4. The van der Waals surface area contributed by atoms with Crippen molar-refractivity contribution in [2.24, 2.45) is 0 Å². The number of fused-ring (bicyclic) bond motifs is 2. The van der Waals surface area contributed by atoms with Crippen LogP contribution in [-0.2, 0) is 83.2 Å². The van der Waals surface area contributed by atoms with E-state index in [-0.39, 0.29) is 36.5 Å². The summed E-state index contributed by atoms with van der Waals surface area (Å²) in [5.74, 6) is -7.46. The zero-order valence-corrected chi connectivity index (χ0v) is 41.5. The van der Waals surface area contributed by atoms with E-state index >= 15 is 0 Å². The molecule has 0 aliphatic carbocycles. The molecule has 0 unspecified atom stereocenters. The van der Waals surface area contributed by atoms with Gasteiger partial charge in [0.15, 0.2) is 6.10 Å².